The molecule has 3 rings (SSSR count). The lowest BCUT2D eigenvalue weighted by molar-refractivity contribution is 0.0145. The maximum Gasteiger partial charge on any atom is 0.124 e. The van der Waals surface area contributed by atoms with Crippen LogP contribution in [0.3, 0.4) is 0 Å². The Balaban J connectivity index is 1.48. The zero-order valence-electron chi connectivity index (χ0n) is 13.6. The highest BCUT2D eigenvalue weighted by atomic mass is 16.5. The Labute approximate surface area is 137 Å². The van der Waals surface area contributed by atoms with Gasteiger partial charge in [0.05, 0.1) is 7.11 Å². The van der Waals surface area contributed by atoms with Gasteiger partial charge in [-0.05, 0) is 36.2 Å². The minimum absolute atomic E-state index is 0.259. The van der Waals surface area contributed by atoms with E-state index in [1.807, 2.05) is 24.3 Å². The maximum absolute atomic E-state index is 5.98. The van der Waals surface area contributed by atoms with E-state index >= 15 is 0 Å². The lowest BCUT2D eigenvalue weighted by Crippen LogP contribution is -2.53. The Morgan fingerprint density at radius 2 is 1.78 bits per heavy atom. The first-order valence-corrected chi connectivity index (χ1v) is 8.08. The van der Waals surface area contributed by atoms with Crippen molar-refractivity contribution in [1.29, 1.82) is 0 Å². The van der Waals surface area contributed by atoms with Gasteiger partial charge in [0.15, 0.2) is 0 Å². The molecular weight excluding hydrogens is 288 g/mol. The van der Waals surface area contributed by atoms with Gasteiger partial charge in [-0.25, -0.2) is 0 Å². The molecule has 122 valence electrons. The Kier molecular flexibility index (Phi) is 5.16. The average molecular weight is 312 g/mol. The molecule has 0 atom stereocenters. The SMILES string of the molecule is COc1cccc(OC2CN(Cc3cccc(CCN)c3)C2)c1. The molecule has 1 saturated heterocycles. The van der Waals surface area contributed by atoms with Crippen LogP contribution in [0.4, 0.5) is 0 Å². The molecule has 0 amide bonds. The summed E-state index contributed by atoms with van der Waals surface area (Å²) in [6.07, 6.45) is 1.20. The lowest BCUT2D eigenvalue weighted by Gasteiger charge is -2.39. The Hall–Kier alpha value is -2.04. The van der Waals surface area contributed by atoms with Crippen LogP contribution in [-0.4, -0.2) is 37.7 Å². The molecule has 1 aliphatic rings. The number of likely N-dealkylation sites (tertiary alicyclic amines) is 1. The molecule has 4 nitrogen and oxygen atoms in total. The molecule has 2 aromatic rings. The van der Waals surface area contributed by atoms with Crippen molar-refractivity contribution >= 4 is 0 Å². The molecule has 0 aromatic heterocycles. The van der Waals surface area contributed by atoms with Crippen LogP contribution in [0, 0.1) is 0 Å². The van der Waals surface area contributed by atoms with Crippen LogP contribution in [0.5, 0.6) is 11.5 Å². The van der Waals surface area contributed by atoms with Gasteiger partial charge in [0, 0.05) is 25.7 Å². The van der Waals surface area contributed by atoms with Gasteiger partial charge in [-0.15, -0.1) is 0 Å². The van der Waals surface area contributed by atoms with Gasteiger partial charge in [0.25, 0.3) is 0 Å². The fraction of sp³-hybridized carbons (Fsp3) is 0.368. The van der Waals surface area contributed by atoms with Crippen molar-refractivity contribution in [3.05, 3.63) is 59.7 Å². The van der Waals surface area contributed by atoms with E-state index in [0.29, 0.717) is 6.54 Å². The van der Waals surface area contributed by atoms with E-state index in [0.717, 1.165) is 37.6 Å². The van der Waals surface area contributed by atoms with Crippen LogP contribution >= 0.6 is 0 Å². The molecule has 0 saturated carbocycles. The van der Waals surface area contributed by atoms with Crippen LogP contribution in [-0.2, 0) is 13.0 Å². The molecular formula is C19H24N2O2. The van der Waals surface area contributed by atoms with Gasteiger partial charge >= 0.3 is 0 Å². The smallest absolute Gasteiger partial charge is 0.124 e. The van der Waals surface area contributed by atoms with Crippen LogP contribution in [0.2, 0.25) is 0 Å². The normalized spacial score (nSPS) is 15.2. The van der Waals surface area contributed by atoms with Crippen LogP contribution < -0.4 is 15.2 Å². The third-order valence-electron chi connectivity index (χ3n) is 4.10. The lowest BCUT2D eigenvalue weighted by atomic mass is 10.1. The maximum atomic E-state index is 5.98. The van der Waals surface area contributed by atoms with E-state index in [9.17, 15) is 0 Å². The second-order valence-electron chi connectivity index (χ2n) is 5.97. The fourth-order valence-corrected chi connectivity index (χ4v) is 2.90. The minimum Gasteiger partial charge on any atom is -0.497 e. The van der Waals surface area contributed by atoms with E-state index in [1.54, 1.807) is 7.11 Å². The minimum atomic E-state index is 0.259. The molecule has 2 N–H and O–H groups in total. The summed E-state index contributed by atoms with van der Waals surface area (Å²) in [6, 6.07) is 16.5. The van der Waals surface area contributed by atoms with Crippen LogP contribution in [0.15, 0.2) is 48.5 Å². The first-order valence-electron chi connectivity index (χ1n) is 8.08. The molecule has 0 bridgehead atoms. The largest absolute Gasteiger partial charge is 0.497 e. The fourth-order valence-electron chi connectivity index (χ4n) is 2.90. The van der Waals surface area contributed by atoms with Gasteiger partial charge in [0.1, 0.15) is 17.6 Å². The molecule has 0 unspecified atom stereocenters. The summed E-state index contributed by atoms with van der Waals surface area (Å²) in [5.74, 6) is 1.70. The monoisotopic (exact) mass is 312 g/mol. The molecule has 1 aliphatic heterocycles. The molecule has 23 heavy (non-hydrogen) atoms. The van der Waals surface area contributed by atoms with Gasteiger partial charge in [-0.1, -0.05) is 30.3 Å². The molecule has 1 fully saturated rings. The number of benzene rings is 2. The summed E-state index contributed by atoms with van der Waals surface area (Å²) in [5.41, 5.74) is 8.28. The van der Waals surface area contributed by atoms with Gasteiger partial charge in [-0.2, -0.15) is 0 Å². The van der Waals surface area contributed by atoms with Gasteiger partial charge < -0.3 is 15.2 Å². The molecule has 4 heteroatoms. The highest BCUT2D eigenvalue weighted by Gasteiger charge is 2.28. The standard InChI is InChI=1S/C19H24N2O2/c1-22-17-6-3-7-18(11-17)23-19-13-21(14-19)12-16-5-2-4-15(10-16)8-9-20/h2-7,10-11,19H,8-9,12-14,20H2,1H3. The first kappa shape index (κ1) is 15.8. The van der Waals surface area contributed by atoms with Gasteiger partial charge in [0.2, 0.25) is 0 Å². The highest BCUT2D eigenvalue weighted by molar-refractivity contribution is 5.33. The van der Waals surface area contributed by atoms with Crippen molar-refractivity contribution in [3.8, 4) is 11.5 Å². The van der Waals surface area contributed by atoms with Crippen molar-refractivity contribution in [1.82, 2.24) is 4.90 Å². The van der Waals surface area contributed by atoms with Crippen molar-refractivity contribution in [2.24, 2.45) is 5.73 Å². The number of ether oxygens (including phenoxy) is 2. The van der Waals surface area contributed by atoms with Crippen LogP contribution in [0.1, 0.15) is 11.1 Å². The summed E-state index contributed by atoms with van der Waals surface area (Å²) in [6.45, 7) is 3.58. The molecule has 0 spiro atoms. The molecule has 0 aliphatic carbocycles. The Morgan fingerprint density at radius 3 is 2.57 bits per heavy atom. The molecule has 0 radical (unpaired) electrons. The van der Waals surface area contributed by atoms with E-state index in [-0.39, 0.29) is 6.10 Å². The number of nitrogens with zero attached hydrogens (tertiary/aromatic N) is 1. The second kappa shape index (κ2) is 7.49. The van der Waals surface area contributed by atoms with E-state index < -0.39 is 0 Å². The quantitative estimate of drug-likeness (QED) is 0.853. The number of rotatable bonds is 7. The predicted octanol–water partition coefficient (Wildman–Crippen LogP) is 2.46. The Morgan fingerprint density at radius 1 is 1.04 bits per heavy atom. The highest BCUT2D eigenvalue weighted by Crippen LogP contribution is 2.23. The van der Waals surface area contributed by atoms with Crippen molar-refractivity contribution < 1.29 is 9.47 Å². The summed E-state index contributed by atoms with van der Waals surface area (Å²) in [7, 11) is 1.67. The average Bonchev–Trinajstić information content (AvgIpc) is 2.54. The van der Waals surface area contributed by atoms with E-state index in [4.69, 9.17) is 15.2 Å². The van der Waals surface area contributed by atoms with Crippen molar-refractivity contribution in [3.63, 3.8) is 0 Å². The summed E-state index contributed by atoms with van der Waals surface area (Å²) >= 11 is 0. The van der Waals surface area contributed by atoms with E-state index in [1.165, 1.54) is 11.1 Å². The summed E-state index contributed by atoms with van der Waals surface area (Å²) in [5, 5.41) is 0. The number of nitrogens with two attached hydrogens (primary N) is 1. The number of hydrogen-bond acceptors (Lipinski definition) is 4. The third-order valence-corrected chi connectivity index (χ3v) is 4.10. The third kappa shape index (κ3) is 4.24. The first-order chi connectivity index (χ1) is 11.3. The zero-order valence-corrected chi connectivity index (χ0v) is 13.6. The summed E-state index contributed by atoms with van der Waals surface area (Å²) in [4.78, 5) is 2.40. The number of methoxy groups -OCH3 is 1. The van der Waals surface area contributed by atoms with Crippen molar-refractivity contribution in [2.45, 2.75) is 19.1 Å². The van der Waals surface area contributed by atoms with E-state index in [2.05, 4.69) is 29.2 Å². The molecule has 1 heterocycles. The van der Waals surface area contributed by atoms with Crippen molar-refractivity contribution in [2.75, 3.05) is 26.7 Å². The van der Waals surface area contributed by atoms with Crippen LogP contribution in [0.25, 0.3) is 0 Å². The predicted molar refractivity (Wildman–Crippen MR) is 91.9 cm³/mol. The zero-order chi connectivity index (χ0) is 16.1. The topological polar surface area (TPSA) is 47.7 Å². The molecule has 2 aromatic carbocycles. The Bertz CT molecular complexity index is 639. The number of hydrogen-bond donors (Lipinski definition) is 1. The second-order valence-corrected chi connectivity index (χ2v) is 5.97. The van der Waals surface area contributed by atoms with Gasteiger partial charge in [-0.3, -0.25) is 4.90 Å². The summed E-state index contributed by atoms with van der Waals surface area (Å²) < 4.78 is 11.2.